The smallest absolute Gasteiger partial charge is 0.410 e. The SMILES string of the molecule is COC(=O)c1ccc2nc(Nc3cc(CN4C[C@@H](C)N(C(=O)OC(C)(C)C)C[C@@H]4C)ccn3)[nH]c2c1. The first-order chi connectivity index (χ1) is 17.0. The van der Waals surface area contributed by atoms with Gasteiger partial charge in [0.15, 0.2) is 0 Å². The molecule has 0 saturated carbocycles. The molecule has 0 spiro atoms. The van der Waals surface area contributed by atoms with Gasteiger partial charge in [0.1, 0.15) is 11.4 Å². The predicted octanol–water partition coefficient (Wildman–Crippen LogP) is 4.32. The molecule has 1 aliphatic rings. The number of aromatic nitrogens is 3. The average Bonchev–Trinajstić information content (AvgIpc) is 3.21. The summed E-state index contributed by atoms with van der Waals surface area (Å²) in [6.45, 7) is 11.9. The van der Waals surface area contributed by atoms with Crippen molar-refractivity contribution >= 4 is 34.9 Å². The van der Waals surface area contributed by atoms with Gasteiger partial charge in [0.05, 0.1) is 23.7 Å². The Morgan fingerprint density at radius 1 is 1.14 bits per heavy atom. The van der Waals surface area contributed by atoms with Gasteiger partial charge >= 0.3 is 12.1 Å². The second kappa shape index (κ2) is 10.1. The molecule has 1 aromatic carbocycles. The zero-order chi connectivity index (χ0) is 26.0. The van der Waals surface area contributed by atoms with E-state index < -0.39 is 11.6 Å². The number of rotatable bonds is 5. The molecule has 3 heterocycles. The number of piperazine rings is 1. The lowest BCUT2D eigenvalue weighted by atomic mass is 10.1. The fourth-order valence-corrected chi connectivity index (χ4v) is 4.30. The van der Waals surface area contributed by atoms with Crippen LogP contribution in [0, 0.1) is 0 Å². The van der Waals surface area contributed by atoms with Gasteiger partial charge in [-0.15, -0.1) is 0 Å². The number of methoxy groups -OCH3 is 1. The number of H-pyrrole nitrogens is 1. The maximum Gasteiger partial charge on any atom is 0.410 e. The number of fused-ring (bicyclic) bond motifs is 1. The molecule has 10 nitrogen and oxygen atoms in total. The molecule has 192 valence electrons. The molecular weight excluding hydrogens is 460 g/mol. The molecule has 0 aliphatic carbocycles. The van der Waals surface area contributed by atoms with E-state index in [0.717, 1.165) is 29.7 Å². The van der Waals surface area contributed by atoms with Crippen molar-refractivity contribution in [1.82, 2.24) is 24.8 Å². The summed E-state index contributed by atoms with van der Waals surface area (Å²) in [5.41, 5.74) is 2.49. The summed E-state index contributed by atoms with van der Waals surface area (Å²) in [4.78, 5) is 40.7. The van der Waals surface area contributed by atoms with Gasteiger partial charge in [-0.3, -0.25) is 4.90 Å². The first kappa shape index (κ1) is 25.4. The number of imidazole rings is 1. The third-order valence-corrected chi connectivity index (χ3v) is 6.10. The van der Waals surface area contributed by atoms with E-state index in [0.29, 0.717) is 23.9 Å². The molecule has 0 bridgehead atoms. The second-order valence-electron chi connectivity index (χ2n) is 10.2. The van der Waals surface area contributed by atoms with Crippen LogP contribution in [-0.4, -0.2) is 74.7 Å². The molecule has 10 heteroatoms. The number of nitrogens with one attached hydrogen (secondary N) is 2. The number of hydrogen-bond acceptors (Lipinski definition) is 8. The number of esters is 1. The summed E-state index contributed by atoms with van der Waals surface area (Å²) in [6.07, 6.45) is 1.50. The van der Waals surface area contributed by atoms with Crippen LogP contribution in [0.5, 0.6) is 0 Å². The summed E-state index contributed by atoms with van der Waals surface area (Å²) >= 11 is 0. The van der Waals surface area contributed by atoms with Crippen LogP contribution < -0.4 is 5.32 Å². The lowest BCUT2D eigenvalue weighted by molar-refractivity contribution is -0.0117. The lowest BCUT2D eigenvalue weighted by Crippen LogP contribution is -2.58. The van der Waals surface area contributed by atoms with E-state index in [1.165, 1.54) is 7.11 Å². The molecule has 2 N–H and O–H groups in total. The molecule has 1 amide bonds. The summed E-state index contributed by atoms with van der Waals surface area (Å²) in [7, 11) is 1.35. The molecule has 1 fully saturated rings. The van der Waals surface area contributed by atoms with Crippen LogP contribution in [0.15, 0.2) is 36.5 Å². The maximum atomic E-state index is 12.6. The van der Waals surface area contributed by atoms with Crippen LogP contribution in [0.1, 0.15) is 50.5 Å². The van der Waals surface area contributed by atoms with Gasteiger partial charge in [-0.25, -0.2) is 19.6 Å². The number of benzene rings is 1. The van der Waals surface area contributed by atoms with Crippen molar-refractivity contribution in [2.45, 2.75) is 58.8 Å². The number of carbonyl (C=O) groups excluding carboxylic acids is 2. The maximum absolute atomic E-state index is 12.6. The zero-order valence-corrected chi connectivity index (χ0v) is 21.7. The van der Waals surface area contributed by atoms with Crippen LogP contribution in [-0.2, 0) is 16.0 Å². The minimum absolute atomic E-state index is 0.0425. The number of aromatic amines is 1. The van der Waals surface area contributed by atoms with Crippen molar-refractivity contribution in [1.29, 1.82) is 0 Å². The van der Waals surface area contributed by atoms with Gasteiger partial charge < -0.3 is 24.7 Å². The van der Waals surface area contributed by atoms with Crippen LogP contribution in [0.2, 0.25) is 0 Å². The molecule has 4 rings (SSSR count). The quantitative estimate of drug-likeness (QED) is 0.505. The highest BCUT2D eigenvalue weighted by atomic mass is 16.6. The van der Waals surface area contributed by atoms with Crippen molar-refractivity contribution in [3.05, 3.63) is 47.7 Å². The van der Waals surface area contributed by atoms with E-state index in [1.807, 2.05) is 37.8 Å². The Morgan fingerprint density at radius 3 is 2.64 bits per heavy atom. The van der Waals surface area contributed by atoms with Crippen molar-refractivity contribution in [2.24, 2.45) is 0 Å². The van der Waals surface area contributed by atoms with E-state index in [4.69, 9.17) is 9.47 Å². The van der Waals surface area contributed by atoms with Crippen molar-refractivity contribution in [3.8, 4) is 0 Å². The van der Waals surface area contributed by atoms with E-state index in [9.17, 15) is 9.59 Å². The molecule has 1 aliphatic heterocycles. The molecule has 1 saturated heterocycles. The molecule has 36 heavy (non-hydrogen) atoms. The van der Waals surface area contributed by atoms with E-state index in [-0.39, 0.29) is 18.2 Å². The Kier molecular flexibility index (Phi) is 7.16. The number of ether oxygens (including phenoxy) is 2. The van der Waals surface area contributed by atoms with Gasteiger partial charge in [-0.2, -0.15) is 0 Å². The lowest BCUT2D eigenvalue weighted by Gasteiger charge is -2.44. The predicted molar refractivity (Wildman–Crippen MR) is 137 cm³/mol. The number of carbonyl (C=O) groups is 2. The molecular formula is C26H34N6O4. The second-order valence-corrected chi connectivity index (χ2v) is 10.2. The number of pyridine rings is 1. The highest BCUT2D eigenvalue weighted by Crippen LogP contribution is 2.23. The average molecular weight is 495 g/mol. The van der Waals surface area contributed by atoms with Crippen molar-refractivity contribution < 1.29 is 19.1 Å². The van der Waals surface area contributed by atoms with Crippen LogP contribution >= 0.6 is 0 Å². The monoisotopic (exact) mass is 494 g/mol. The number of hydrogen-bond donors (Lipinski definition) is 2. The Bertz CT molecular complexity index is 1250. The third kappa shape index (κ3) is 5.93. The number of nitrogens with zero attached hydrogens (tertiary/aromatic N) is 4. The normalized spacial score (nSPS) is 18.8. The van der Waals surface area contributed by atoms with Crippen molar-refractivity contribution in [3.63, 3.8) is 0 Å². The topological polar surface area (TPSA) is 113 Å². The van der Waals surface area contributed by atoms with Crippen molar-refractivity contribution in [2.75, 3.05) is 25.5 Å². The summed E-state index contributed by atoms with van der Waals surface area (Å²) in [6, 6.07) is 9.37. The fourth-order valence-electron chi connectivity index (χ4n) is 4.30. The van der Waals surface area contributed by atoms with E-state index in [2.05, 4.69) is 39.0 Å². The summed E-state index contributed by atoms with van der Waals surface area (Å²) in [5.74, 6) is 0.795. The zero-order valence-electron chi connectivity index (χ0n) is 21.7. The van der Waals surface area contributed by atoms with Crippen LogP contribution in [0.25, 0.3) is 11.0 Å². The van der Waals surface area contributed by atoms with E-state index >= 15 is 0 Å². The standard InChI is InChI=1S/C26H34N6O4/c1-16-14-32(25(34)36-26(3,4)5)17(2)13-31(16)15-18-9-10-27-22(11-18)30-24-28-20-8-7-19(23(33)35-6)12-21(20)29-24/h7-12,16-17H,13-15H2,1-6H3,(H2,27,28,29,30)/t16-,17+/m0/s1. The third-order valence-electron chi connectivity index (χ3n) is 6.10. The van der Waals surface area contributed by atoms with E-state index in [1.54, 1.807) is 24.4 Å². The van der Waals surface area contributed by atoms with Gasteiger partial charge in [-0.1, -0.05) is 0 Å². The molecule has 2 aromatic heterocycles. The molecule has 2 atom stereocenters. The largest absolute Gasteiger partial charge is 0.465 e. The minimum Gasteiger partial charge on any atom is -0.465 e. The Balaban J connectivity index is 1.42. The highest BCUT2D eigenvalue weighted by Gasteiger charge is 2.34. The highest BCUT2D eigenvalue weighted by molar-refractivity contribution is 5.94. The molecule has 0 radical (unpaired) electrons. The van der Waals surface area contributed by atoms with Gasteiger partial charge in [0, 0.05) is 37.9 Å². The summed E-state index contributed by atoms with van der Waals surface area (Å²) < 4.78 is 10.4. The number of amides is 1. The molecule has 3 aromatic rings. The Morgan fingerprint density at radius 2 is 1.92 bits per heavy atom. The van der Waals surface area contributed by atoms with Crippen LogP contribution in [0.3, 0.4) is 0 Å². The first-order valence-corrected chi connectivity index (χ1v) is 12.1. The van der Waals surface area contributed by atoms with Crippen LogP contribution in [0.4, 0.5) is 16.6 Å². The van der Waals surface area contributed by atoms with Gasteiger partial charge in [0.2, 0.25) is 5.95 Å². The minimum atomic E-state index is -0.513. The van der Waals surface area contributed by atoms with Gasteiger partial charge in [0.25, 0.3) is 0 Å². The summed E-state index contributed by atoms with van der Waals surface area (Å²) in [5, 5.41) is 3.22. The van der Waals surface area contributed by atoms with Gasteiger partial charge in [-0.05, 0) is 70.5 Å². The Hall–Kier alpha value is -3.66. The Labute approximate surface area is 211 Å². The fraction of sp³-hybridized carbons (Fsp3) is 0.462. The number of anilines is 2. The first-order valence-electron chi connectivity index (χ1n) is 12.1. The molecule has 0 unspecified atom stereocenters.